The third kappa shape index (κ3) is 10.4. The third-order valence-electron chi connectivity index (χ3n) is 18.4. The molecule has 0 saturated heterocycles. The zero-order chi connectivity index (χ0) is 64.7. The first-order valence-corrected chi connectivity index (χ1v) is 33.4. The number of hydrogen-bond acceptors (Lipinski definition) is 4. The van der Waals surface area contributed by atoms with Crippen molar-refractivity contribution < 1.29 is 8.83 Å². The van der Waals surface area contributed by atoms with Gasteiger partial charge in [-0.1, -0.05) is 236 Å². The fourth-order valence-electron chi connectivity index (χ4n) is 14.5. The lowest BCUT2D eigenvalue weighted by molar-refractivity contribution is 0.623. The zero-order valence-electron chi connectivity index (χ0n) is 52.7. The molecule has 0 bridgehead atoms. The second-order valence-corrected chi connectivity index (χ2v) is 27.6. The monoisotopic (exact) mass is 1340 g/mol. The molecule has 0 fully saturated rings. The normalized spacial score (nSPS) is 13.0. The van der Waals surface area contributed by atoms with Crippen molar-refractivity contribution in [1.82, 2.24) is 9.13 Å². The molecular weight excluding hydrogens is 1280 g/mol. The average molecular weight is 1350 g/mol. The molecule has 10 heteroatoms. The van der Waals surface area contributed by atoms with Crippen LogP contribution in [0.2, 0.25) is 15.1 Å². The molecule has 0 spiro atoms. The molecule has 0 unspecified atom stereocenters. The summed E-state index contributed by atoms with van der Waals surface area (Å²) < 4.78 is 18.1. The second kappa shape index (κ2) is 24.0. The molecule has 18 rings (SSSR count). The molecule has 0 saturated carbocycles. The standard InChI is InChI=1S/C42H31ClN2O.C24H20ClN.C12H9NO.C6H4BrCl/c1-26-22-29(44(28-13-10-12-27(43)24-28)37-20-11-17-32-31-14-6-9-21-38(31)46-40(32)37)25-30(23-26)45-36-19-8-5-16-34(36)39-33-15-4-7-18-35(33)42(2,3)41(39)45;1-15-12-16(25)14-17(13-15)26-21-11-7-5-9-19(21)22-18-8-4-6-10-20(18)24(2,3)23(22)26;13-10-6-3-5-9-8-4-1-2-7-11(8)14-12(9)10;7-5-2-1-3-6(8)4-5/h4-25H,1-3H3;4-14H,1-3H3;1-7H,13H2;1-4H. The van der Waals surface area contributed by atoms with Crippen LogP contribution in [0.3, 0.4) is 0 Å². The second-order valence-electron chi connectivity index (χ2n) is 25.3. The Morgan fingerprint density at radius 1 is 0.394 bits per heavy atom. The number of hydrogen-bond donors (Lipinski definition) is 1. The number of aromatic nitrogens is 2. The smallest absolute Gasteiger partial charge is 0.159 e. The van der Waals surface area contributed by atoms with Crippen LogP contribution in [0.15, 0.2) is 280 Å². The number of fused-ring (bicyclic) bond motifs is 16. The van der Waals surface area contributed by atoms with Crippen LogP contribution in [-0.4, -0.2) is 9.13 Å². The van der Waals surface area contributed by atoms with Gasteiger partial charge in [0, 0.05) is 108 Å². The minimum Gasteiger partial charge on any atom is -0.454 e. The van der Waals surface area contributed by atoms with E-state index in [2.05, 4.69) is 235 Å². The van der Waals surface area contributed by atoms with E-state index in [1.807, 2.05) is 103 Å². The highest BCUT2D eigenvalue weighted by molar-refractivity contribution is 9.10. The molecule has 0 amide bonds. The summed E-state index contributed by atoms with van der Waals surface area (Å²) in [6.45, 7) is 13.6. The maximum atomic E-state index is 6.64. The number of furan rings is 2. The highest BCUT2D eigenvalue weighted by Gasteiger charge is 2.42. The van der Waals surface area contributed by atoms with Crippen LogP contribution in [0.5, 0.6) is 0 Å². The van der Waals surface area contributed by atoms with E-state index >= 15 is 0 Å². The van der Waals surface area contributed by atoms with Crippen molar-refractivity contribution in [3.63, 3.8) is 0 Å². The SMILES string of the molecule is Cc1cc(Cl)cc(-n2c3c(c4ccccc42)-c2ccccc2C3(C)C)c1.Cc1cc(N(c2cccc(Cl)c2)c2cccc3c2oc2ccccc23)cc(-n2c3c(c4ccccc42)-c2ccccc2C3(C)C)c1.Clc1cccc(Br)c1.Nc1cccc2c1oc1ccccc12. The van der Waals surface area contributed by atoms with Crippen molar-refractivity contribution in [1.29, 1.82) is 0 Å². The lowest BCUT2D eigenvalue weighted by Crippen LogP contribution is -2.20. The topological polar surface area (TPSA) is 65.4 Å². The Bertz CT molecular complexity index is 5610. The van der Waals surface area contributed by atoms with Crippen LogP contribution in [0.25, 0.3) is 99.3 Å². The molecule has 6 nitrogen and oxygen atoms in total. The van der Waals surface area contributed by atoms with E-state index in [0.717, 1.165) is 92.4 Å². The first-order valence-electron chi connectivity index (χ1n) is 31.4. The number of nitrogens with two attached hydrogens (primary N) is 1. The lowest BCUT2D eigenvalue weighted by Gasteiger charge is -2.28. The largest absolute Gasteiger partial charge is 0.454 e. The highest BCUT2D eigenvalue weighted by atomic mass is 79.9. The number of benzene rings is 12. The van der Waals surface area contributed by atoms with E-state index in [9.17, 15) is 0 Å². The van der Waals surface area contributed by atoms with Crippen molar-refractivity contribution in [2.45, 2.75) is 52.4 Å². The molecule has 2 N–H and O–H groups in total. The van der Waals surface area contributed by atoms with E-state index in [1.54, 1.807) is 0 Å². The van der Waals surface area contributed by atoms with Crippen LogP contribution in [-0.2, 0) is 10.8 Å². The summed E-state index contributed by atoms with van der Waals surface area (Å²) in [6, 6.07) is 92.3. The van der Waals surface area contributed by atoms with Crippen molar-refractivity contribution in [3.05, 3.63) is 320 Å². The van der Waals surface area contributed by atoms with Gasteiger partial charge >= 0.3 is 0 Å². The predicted molar refractivity (Wildman–Crippen MR) is 400 cm³/mol. The molecule has 16 aromatic rings. The van der Waals surface area contributed by atoms with E-state index < -0.39 is 0 Å². The van der Waals surface area contributed by atoms with Gasteiger partial charge < -0.3 is 28.6 Å². The van der Waals surface area contributed by atoms with Crippen molar-refractivity contribution in [3.8, 4) is 33.6 Å². The lowest BCUT2D eigenvalue weighted by atomic mass is 9.85. The maximum Gasteiger partial charge on any atom is 0.159 e. The van der Waals surface area contributed by atoms with Gasteiger partial charge in [0.25, 0.3) is 0 Å². The van der Waals surface area contributed by atoms with Gasteiger partial charge in [0.15, 0.2) is 11.2 Å². The molecule has 460 valence electrons. The molecular formula is C84H64BrCl3N4O2. The average Bonchev–Trinajstić information content (AvgIpc) is 1.54. The summed E-state index contributed by atoms with van der Waals surface area (Å²) in [5.41, 5.74) is 30.4. The van der Waals surface area contributed by atoms with Crippen LogP contribution in [0.1, 0.15) is 61.3 Å². The van der Waals surface area contributed by atoms with Crippen molar-refractivity contribution in [2.75, 3.05) is 10.6 Å². The summed E-state index contributed by atoms with van der Waals surface area (Å²) in [6.07, 6.45) is 0. The zero-order valence-corrected chi connectivity index (χ0v) is 56.5. The predicted octanol–water partition coefficient (Wildman–Crippen LogP) is 25.4. The van der Waals surface area contributed by atoms with Gasteiger partial charge in [0.1, 0.15) is 11.2 Å². The first kappa shape index (κ1) is 60.5. The van der Waals surface area contributed by atoms with Crippen molar-refractivity contribution >= 4 is 139 Å². The fraction of sp³-hybridized carbons (Fsp3) is 0.0952. The van der Waals surface area contributed by atoms with Crippen LogP contribution < -0.4 is 10.6 Å². The van der Waals surface area contributed by atoms with E-state index in [1.165, 1.54) is 72.1 Å². The number of aryl methyl sites for hydroxylation is 2. The fourth-order valence-corrected chi connectivity index (χ4v) is 15.7. The number of nitrogens with zero attached hydrogens (tertiary/aromatic N) is 3. The molecule has 0 atom stereocenters. The van der Waals surface area contributed by atoms with E-state index in [-0.39, 0.29) is 10.8 Å². The van der Waals surface area contributed by atoms with E-state index in [4.69, 9.17) is 49.4 Å². The van der Waals surface area contributed by atoms with Gasteiger partial charge in [-0.25, -0.2) is 0 Å². The van der Waals surface area contributed by atoms with Gasteiger partial charge in [-0.2, -0.15) is 0 Å². The Morgan fingerprint density at radius 2 is 0.851 bits per heavy atom. The number of nitrogen functional groups attached to an aromatic ring is 1. The Hall–Kier alpha value is -9.73. The highest BCUT2D eigenvalue weighted by Crippen LogP contribution is 2.56. The molecule has 2 aliphatic rings. The number of anilines is 4. The molecule has 12 aromatic carbocycles. The molecule has 94 heavy (non-hydrogen) atoms. The maximum absolute atomic E-state index is 6.64. The molecule has 0 aliphatic heterocycles. The van der Waals surface area contributed by atoms with Crippen LogP contribution >= 0.6 is 50.7 Å². The van der Waals surface area contributed by atoms with Gasteiger partial charge in [0.05, 0.1) is 22.4 Å². The minimum atomic E-state index is -0.179. The molecule has 2 aliphatic carbocycles. The Labute approximate surface area is 569 Å². The molecule has 4 heterocycles. The van der Waals surface area contributed by atoms with E-state index in [0.29, 0.717) is 10.7 Å². The summed E-state index contributed by atoms with van der Waals surface area (Å²) in [7, 11) is 0. The Morgan fingerprint density at radius 3 is 1.40 bits per heavy atom. The number of rotatable bonds is 5. The Balaban J connectivity index is 0.000000125. The minimum absolute atomic E-state index is 0.0683. The summed E-state index contributed by atoms with van der Waals surface area (Å²) in [5, 5.41) is 9.19. The molecule has 0 radical (unpaired) electrons. The summed E-state index contributed by atoms with van der Waals surface area (Å²) >= 11 is 21.9. The Kier molecular flexibility index (Phi) is 15.4. The third-order valence-corrected chi connectivity index (χ3v) is 19.6. The van der Waals surface area contributed by atoms with Crippen LogP contribution in [0.4, 0.5) is 22.7 Å². The number of halogens is 4. The first-order chi connectivity index (χ1) is 45.5. The molecule has 4 aromatic heterocycles. The van der Waals surface area contributed by atoms with Gasteiger partial charge in [-0.15, -0.1) is 0 Å². The van der Waals surface area contributed by atoms with Crippen molar-refractivity contribution in [2.24, 2.45) is 0 Å². The van der Waals surface area contributed by atoms with Gasteiger partial charge in [0.2, 0.25) is 0 Å². The van der Waals surface area contributed by atoms with Gasteiger partial charge in [-0.3, -0.25) is 0 Å². The van der Waals surface area contributed by atoms with Gasteiger partial charge in [-0.05, 0) is 156 Å². The number of para-hydroxylation sites is 6. The van der Waals surface area contributed by atoms with Crippen LogP contribution in [0, 0.1) is 13.8 Å². The summed E-state index contributed by atoms with van der Waals surface area (Å²) in [5.74, 6) is 0. The quantitative estimate of drug-likeness (QED) is 0.174. The summed E-state index contributed by atoms with van der Waals surface area (Å²) in [4.78, 5) is 2.28.